The molecular formula is C21H20ClNOS. The summed E-state index contributed by atoms with van der Waals surface area (Å²) < 4.78 is 5.98. The highest BCUT2D eigenvalue weighted by Crippen LogP contribution is 2.51. The van der Waals surface area contributed by atoms with Crippen LogP contribution in [-0.2, 0) is 0 Å². The number of para-hydroxylation sites is 1. The fourth-order valence-corrected chi connectivity index (χ4v) is 4.94. The summed E-state index contributed by atoms with van der Waals surface area (Å²) in [4.78, 5) is 0. The van der Waals surface area contributed by atoms with E-state index >= 15 is 0 Å². The van der Waals surface area contributed by atoms with Crippen molar-refractivity contribution in [3.8, 4) is 5.75 Å². The Labute approximate surface area is 157 Å². The molecule has 0 radical (unpaired) electrons. The predicted molar refractivity (Wildman–Crippen MR) is 106 cm³/mol. The highest BCUT2D eigenvalue weighted by molar-refractivity contribution is 8.00. The van der Waals surface area contributed by atoms with Gasteiger partial charge in [-0.1, -0.05) is 48.0 Å². The van der Waals surface area contributed by atoms with Crippen LogP contribution in [0.5, 0.6) is 5.75 Å². The van der Waals surface area contributed by atoms with Crippen LogP contribution >= 0.6 is 23.4 Å². The minimum absolute atomic E-state index is 0.278. The second-order valence-corrected chi connectivity index (χ2v) is 8.51. The third kappa shape index (κ3) is 2.74. The maximum Gasteiger partial charge on any atom is 0.119 e. The van der Waals surface area contributed by atoms with E-state index in [9.17, 15) is 0 Å². The minimum Gasteiger partial charge on any atom is -0.489 e. The molecule has 3 atom stereocenters. The first-order valence-electron chi connectivity index (χ1n) is 8.85. The van der Waals surface area contributed by atoms with E-state index in [1.165, 1.54) is 11.1 Å². The number of fused-ring (bicyclic) bond motifs is 3. The van der Waals surface area contributed by atoms with Crippen molar-refractivity contribution in [3.63, 3.8) is 0 Å². The number of hydrogen-bond acceptors (Lipinski definition) is 3. The van der Waals surface area contributed by atoms with Crippen molar-refractivity contribution in [1.29, 1.82) is 0 Å². The van der Waals surface area contributed by atoms with Gasteiger partial charge in [0.15, 0.2) is 0 Å². The number of anilines is 1. The van der Waals surface area contributed by atoms with Gasteiger partial charge in [-0.05, 0) is 41.7 Å². The molecule has 2 heterocycles. The normalized spacial score (nSPS) is 27.2. The quantitative estimate of drug-likeness (QED) is 0.705. The number of rotatable bonds is 3. The minimum atomic E-state index is 0.278. The van der Waals surface area contributed by atoms with Gasteiger partial charge in [0.25, 0.3) is 0 Å². The van der Waals surface area contributed by atoms with E-state index in [0.29, 0.717) is 17.9 Å². The van der Waals surface area contributed by atoms with Crippen LogP contribution in [0, 0.1) is 5.92 Å². The smallest absolute Gasteiger partial charge is 0.119 e. The van der Waals surface area contributed by atoms with Crippen LogP contribution in [0.4, 0.5) is 5.69 Å². The summed E-state index contributed by atoms with van der Waals surface area (Å²) in [5.41, 5.74) is 3.72. The molecule has 0 spiro atoms. The lowest BCUT2D eigenvalue weighted by Gasteiger charge is -2.38. The Morgan fingerprint density at radius 1 is 1.08 bits per heavy atom. The van der Waals surface area contributed by atoms with E-state index in [2.05, 4.69) is 53.9 Å². The van der Waals surface area contributed by atoms with Crippen molar-refractivity contribution in [2.45, 2.75) is 24.5 Å². The molecule has 0 amide bonds. The van der Waals surface area contributed by atoms with Gasteiger partial charge in [0.1, 0.15) is 11.9 Å². The molecule has 0 aromatic heterocycles. The van der Waals surface area contributed by atoms with Crippen LogP contribution < -0.4 is 10.1 Å². The van der Waals surface area contributed by atoms with E-state index in [4.69, 9.17) is 16.3 Å². The number of thioether (sulfide) groups is 1. The molecule has 1 fully saturated rings. The Morgan fingerprint density at radius 2 is 1.92 bits per heavy atom. The van der Waals surface area contributed by atoms with Gasteiger partial charge >= 0.3 is 0 Å². The topological polar surface area (TPSA) is 21.3 Å². The number of benzene rings is 2. The van der Waals surface area contributed by atoms with Gasteiger partial charge < -0.3 is 10.1 Å². The average Bonchev–Trinajstić information content (AvgIpc) is 3.09. The van der Waals surface area contributed by atoms with Gasteiger partial charge in [0.05, 0.1) is 16.8 Å². The average molecular weight is 370 g/mol. The van der Waals surface area contributed by atoms with Gasteiger partial charge in [0.2, 0.25) is 0 Å². The van der Waals surface area contributed by atoms with Gasteiger partial charge in [-0.15, -0.1) is 0 Å². The van der Waals surface area contributed by atoms with Gasteiger partial charge in [0, 0.05) is 17.4 Å². The lowest BCUT2D eigenvalue weighted by Crippen LogP contribution is -2.31. The molecule has 0 bridgehead atoms. The van der Waals surface area contributed by atoms with Crippen LogP contribution in [0.15, 0.2) is 54.6 Å². The van der Waals surface area contributed by atoms with E-state index in [0.717, 1.165) is 34.4 Å². The molecule has 1 N–H and O–H groups in total. The second kappa shape index (κ2) is 6.30. The molecule has 5 rings (SSSR count). The first-order valence-corrected chi connectivity index (χ1v) is 10.4. The van der Waals surface area contributed by atoms with Crippen molar-refractivity contribution in [1.82, 2.24) is 0 Å². The molecule has 3 aliphatic rings. The zero-order valence-corrected chi connectivity index (χ0v) is 15.4. The Hall–Kier alpha value is -1.58. The van der Waals surface area contributed by atoms with Crippen molar-refractivity contribution >= 4 is 29.1 Å². The van der Waals surface area contributed by atoms with Crippen LogP contribution in [0.25, 0.3) is 0 Å². The molecule has 1 aliphatic carbocycles. The first-order chi connectivity index (χ1) is 12.3. The van der Waals surface area contributed by atoms with E-state index < -0.39 is 0 Å². The Balaban J connectivity index is 1.44. The summed E-state index contributed by atoms with van der Waals surface area (Å²) in [5.74, 6) is 4.18. The predicted octanol–water partition coefficient (Wildman–Crippen LogP) is 5.66. The SMILES string of the molecule is Clc1cccc2c1N[C@@H](c1ccc(OC3CSC3)cc1)[C@H]1CC=C[C@@H]21. The van der Waals surface area contributed by atoms with Gasteiger partial charge in [-0.25, -0.2) is 0 Å². The molecule has 0 unspecified atom stereocenters. The van der Waals surface area contributed by atoms with Crippen molar-refractivity contribution in [2.24, 2.45) is 5.92 Å². The van der Waals surface area contributed by atoms with Gasteiger partial charge in [-0.2, -0.15) is 11.8 Å². The van der Waals surface area contributed by atoms with Crippen molar-refractivity contribution in [2.75, 3.05) is 16.8 Å². The van der Waals surface area contributed by atoms with E-state index in [1.54, 1.807) is 0 Å². The number of allylic oxidation sites excluding steroid dienone is 2. The van der Waals surface area contributed by atoms with E-state index in [-0.39, 0.29) is 6.04 Å². The number of ether oxygens (including phenoxy) is 1. The molecule has 128 valence electrons. The Morgan fingerprint density at radius 3 is 2.68 bits per heavy atom. The fourth-order valence-electron chi connectivity index (χ4n) is 4.14. The molecule has 4 heteroatoms. The molecule has 25 heavy (non-hydrogen) atoms. The van der Waals surface area contributed by atoms with Crippen molar-refractivity contribution in [3.05, 3.63) is 70.8 Å². The highest BCUT2D eigenvalue weighted by Gasteiger charge is 2.38. The summed E-state index contributed by atoms with van der Waals surface area (Å²) >= 11 is 8.42. The zero-order valence-electron chi connectivity index (χ0n) is 13.8. The van der Waals surface area contributed by atoms with Gasteiger partial charge in [-0.3, -0.25) is 0 Å². The number of halogens is 1. The molecule has 2 aromatic carbocycles. The maximum absolute atomic E-state index is 6.48. The Bertz CT molecular complexity index is 815. The Kier molecular flexibility index (Phi) is 3.94. The lowest BCUT2D eigenvalue weighted by molar-refractivity contribution is 0.240. The molecular weight excluding hydrogens is 350 g/mol. The summed E-state index contributed by atoms with van der Waals surface area (Å²) in [5, 5.41) is 4.53. The summed E-state index contributed by atoms with van der Waals surface area (Å²) in [6.07, 6.45) is 6.15. The summed E-state index contributed by atoms with van der Waals surface area (Å²) in [6, 6.07) is 15.1. The van der Waals surface area contributed by atoms with Crippen LogP contribution in [0.2, 0.25) is 5.02 Å². The molecule has 2 nitrogen and oxygen atoms in total. The van der Waals surface area contributed by atoms with Crippen LogP contribution in [0.1, 0.15) is 29.5 Å². The van der Waals surface area contributed by atoms with E-state index in [1.807, 2.05) is 17.8 Å². The second-order valence-electron chi connectivity index (χ2n) is 7.03. The van der Waals surface area contributed by atoms with Crippen LogP contribution in [-0.4, -0.2) is 17.6 Å². The monoisotopic (exact) mass is 369 g/mol. The van der Waals surface area contributed by atoms with Crippen LogP contribution in [0.3, 0.4) is 0 Å². The van der Waals surface area contributed by atoms with Crippen molar-refractivity contribution < 1.29 is 4.74 Å². The third-order valence-corrected chi connectivity index (χ3v) is 7.03. The zero-order chi connectivity index (χ0) is 16.8. The fraction of sp³-hybridized carbons (Fsp3) is 0.333. The summed E-state index contributed by atoms with van der Waals surface area (Å²) in [6.45, 7) is 0. The molecule has 0 saturated carbocycles. The molecule has 2 aliphatic heterocycles. The maximum atomic E-state index is 6.48. The number of nitrogens with one attached hydrogen (secondary N) is 1. The highest BCUT2D eigenvalue weighted by atomic mass is 35.5. The standard InChI is InChI=1S/C21H20ClNOS/c22-19-6-2-5-18-16-3-1-4-17(16)20(23-21(18)19)13-7-9-14(10-8-13)24-15-11-25-12-15/h1-3,5-10,15-17,20,23H,4,11-12H2/t16-,17+,20+/m1/s1. The first kappa shape index (κ1) is 15.7. The largest absolute Gasteiger partial charge is 0.489 e. The third-order valence-electron chi connectivity index (χ3n) is 5.50. The molecule has 1 saturated heterocycles. The number of hydrogen-bond donors (Lipinski definition) is 1. The molecule has 2 aromatic rings. The summed E-state index contributed by atoms with van der Waals surface area (Å²) in [7, 11) is 0. The lowest BCUT2D eigenvalue weighted by atomic mass is 9.77.